The number of hydrogen-bond acceptors (Lipinski definition) is 3. The molecule has 0 atom stereocenters. The maximum absolute atomic E-state index is 6.65. The molecule has 4 heterocycles. The molecule has 4 aromatic heterocycles. The third-order valence-corrected chi connectivity index (χ3v) is 14.5. The van der Waals surface area contributed by atoms with Gasteiger partial charge in [-0.05, 0) is 117 Å². The van der Waals surface area contributed by atoms with E-state index in [-0.39, 0.29) is 0 Å². The highest BCUT2D eigenvalue weighted by Crippen LogP contribution is 2.43. The third-order valence-electron chi connectivity index (χ3n) is 14.5. The lowest BCUT2D eigenvalue weighted by Crippen LogP contribution is -1.99. The zero-order chi connectivity index (χ0) is 46.6. The molecule has 0 unspecified atom stereocenters. The summed E-state index contributed by atoms with van der Waals surface area (Å²) in [5.41, 5.74) is 16.5. The molecule has 15 rings (SSSR count). The molecule has 0 fully saturated rings. The van der Waals surface area contributed by atoms with Gasteiger partial charge in [-0.2, -0.15) is 0 Å². The average molecular weight is 905 g/mol. The second-order valence-corrected chi connectivity index (χ2v) is 18.5. The summed E-state index contributed by atoms with van der Waals surface area (Å²) < 4.78 is 11.5. The first-order valence-corrected chi connectivity index (χ1v) is 24.1. The van der Waals surface area contributed by atoms with Crippen LogP contribution in [0, 0.1) is 0 Å². The number of rotatable bonds is 6. The van der Waals surface area contributed by atoms with E-state index in [4.69, 9.17) is 14.4 Å². The Balaban J connectivity index is 0.933. The number of benzene rings is 11. The van der Waals surface area contributed by atoms with E-state index in [0.717, 1.165) is 77.6 Å². The zero-order valence-electron chi connectivity index (χ0n) is 38.3. The number of furan rings is 1. The van der Waals surface area contributed by atoms with Crippen molar-refractivity contribution in [3.05, 3.63) is 243 Å². The molecule has 71 heavy (non-hydrogen) atoms. The summed E-state index contributed by atoms with van der Waals surface area (Å²) in [6, 6.07) is 87.0. The van der Waals surface area contributed by atoms with Crippen LogP contribution < -0.4 is 0 Å². The van der Waals surface area contributed by atoms with Gasteiger partial charge in [0.05, 0.1) is 27.8 Å². The van der Waals surface area contributed by atoms with Gasteiger partial charge in [0, 0.05) is 49.1 Å². The second-order valence-electron chi connectivity index (χ2n) is 18.5. The van der Waals surface area contributed by atoms with Gasteiger partial charge in [0.25, 0.3) is 0 Å². The van der Waals surface area contributed by atoms with E-state index >= 15 is 0 Å². The van der Waals surface area contributed by atoms with Gasteiger partial charge in [-0.25, -0.2) is 9.97 Å². The molecule has 5 heteroatoms. The van der Waals surface area contributed by atoms with Crippen molar-refractivity contribution in [2.24, 2.45) is 0 Å². The molecule has 0 aliphatic heterocycles. The Morgan fingerprint density at radius 1 is 0.324 bits per heavy atom. The fraction of sp³-hybridized carbons (Fsp3) is 0. The van der Waals surface area contributed by atoms with Crippen LogP contribution in [-0.4, -0.2) is 19.1 Å². The van der Waals surface area contributed by atoms with E-state index in [1.165, 1.54) is 54.5 Å². The van der Waals surface area contributed by atoms with Crippen LogP contribution in [0.3, 0.4) is 0 Å². The van der Waals surface area contributed by atoms with E-state index in [9.17, 15) is 0 Å². The van der Waals surface area contributed by atoms with Crippen LogP contribution in [0.4, 0.5) is 0 Å². The van der Waals surface area contributed by atoms with E-state index in [2.05, 4.69) is 228 Å². The SMILES string of the molecule is c1ccc(-c2ccc3oc4c(-c5ccccc5)nc(-c5ccc(-n6c7ccc(-c8ccc9c(c8)c8ccccc8n9-c8ccccc8)cc7c7cc8ccccc8cc76)c6ccccc56)nc4c3c2)cc1. The predicted molar refractivity (Wildman–Crippen MR) is 295 cm³/mol. The summed E-state index contributed by atoms with van der Waals surface area (Å²) in [6.07, 6.45) is 0. The van der Waals surface area contributed by atoms with Gasteiger partial charge in [-0.1, -0.05) is 164 Å². The highest BCUT2D eigenvalue weighted by Gasteiger charge is 2.23. The third kappa shape index (κ3) is 6.13. The summed E-state index contributed by atoms with van der Waals surface area (Å²) in [7, 11) is 0. The lowest BCUT2D eigenvalue weighted by molar-refractivity contribution is 0.667. The first-order valence-electron chi connectivity index (χ1n) is 24.1. The van der Waals surface area contributed by atoms with Crippen LogP contribution >= 0.6 is 0 Å². The highest BCUT2D eigenvalue weighted by atomic mass is 16.3. The fourth-order valence-corrected chi connectivity index (χ4v) is 11.2. The van der Waals surface area contributed by atoms with Gasteiger partial charge < -0.3 is 13.6 Å². The summed E-state index contributed by atoms with van der Waals surface area (Å²) in [5, 5.41) is 10.4. The van der Waals surface area contributed by atoms with Crippen LogP contribution in [0.1, 0.15) is 0 Å². The molecule has 11 aromatic carbocycles. The number of nitrogens with zero attached hydrogens (tertiary/aromatic N) is 4. The van der Waals surface area contributed by atoms with Crippen molar-refractivity contribution in [1.29, 1.82) is 0 Å². The second kappa shape index (κ2) is 15.5. The zero-order valence-corrected chi connectivity index (χ0v) is 38.3. The van der Waals surface area contributed by atoms with Crippen molar-refractivity contribution in [2.45, 2.75) is 0 Å². The van der Waals surface area contributed by atoms with Crippen molar-refractivity contribution >= 4 is 87.2 Å². The molecule has 0 amide bonds. The first kappa shape index (κ1) is 39.4. The number of para-hydroxylation sites is 2. The Hall–Kier alpha value is -9.58. The molecule has 0 aliphatic carbocycles. The largest absolute Gasteiger partial charge is 0.452 e. The predicted octanol–water partition coefficient (Wildman–Crippen LogP) is 17.5. The van der Waals surface area contributed by atoms with Crippen LogP contribution in [-0.2, 0) is 0 Å². The lowest BCUT2D eigenvalue weighted by Gasteiger charge is -2.15. The quantitative estimate of drug-likeness (QED) is 0.167. The van der Waals surface area contributed by atoms with Crippen molar-refractivity contribution in [3.8, 4) is 56.3 Å². The number of fused-ring (bicyclic) bond motifs is 11. The summed E-state index contributed by atoms with van der Waals surface area (Å²) in [5.74, 6) is 0.647. The van der Waals surface area contributed by atoms with Gasteiger partial charge in [-0.3, -0.25) is 0 Å². The smallest absolute Gasteiger partial charge is 0.180 e. The molecule has 0 saturated carbocycles. The standard InChI is InChI=1S/C66H40N4O/c1-4-16-41(17-5-1)45-30-35-62-56(39-45)64-65(71-62)63(42-18-6-2-7-19-42)67-66(68-64)52-31-34-58(50-25-13-12-24-49(50)52)70-60-33-29-47(38-54(60)55-36-43-20-10-11-21-44(43)40-61(55)70)46-28-32-59-53(37-46)51-26-14-15-27-57(51)69(59)48-22-8-3-9-23-48/h1-40H. The molecule has 0 bridgehead atoms. The van der Waals surface area contributed by atoms with Crippen LogP contribution in [0.25, 0.3) is 143 Å². The maximum atomic E-state index is 6.65. The minimum absolute atomic E-state index is 0.647. The van der Waals surface area contributed by atoms with Gasteiger partial charge in [0.2, 0.25) is 0 Å². The molecule has 0 aliphatic rings. The summed E-state index contributed by atoms with van der Waals surface area (Å²) >= 11 is 0. The van der Waals surface area contributed by atoms with Gasteiger partial charge in [0.1, 0.15) is 16.8 Å². The van der Waals surface area contributed by atoms with E-state index < -0.39 is 0 Å². The van der Waals surface area contributed by atoms with Crippen molar-refractivity contribution in [3.63, 3.8) is 0 Å². The molecule has 0 N–H and O–H groups in total. The van der Waals surface area contributed by atoms with E-state index in [1.807, 2.05) is 24.3 Å². The Kier molecular flexibility index (Phi) is 8.59. The average Bonchev–Trinajstić information content (AvgIpc) is 4.09. The number of aromatic nitrogens is 4. The van der Waals surface area contributed by atoms with Crippen molar-refractivity contribution in [1.82, 2.24) is 19.1 Å². The molecule has 15 aromatic rings. The molecule has 0 spiro atoms. The first-order chi connectivity index (χ1) is 35.2. The summed E-state index contributed by atoms with van der Waals surface area (Å²) in [6.45, 7) is 0. The Bertz CT molecular complexity index is 4620. The summed E-state index contributed by atoms with van der Waals surface area (Å²) in [4.78, 5) is 10.8. The maximum Gasteiger partial charge on any atom is 0.180 e. The normalized spacial score (nSPS) is 11.9. The highest BCUT2D eigenvalue weighted by molar-refractivity contribution is 6.17. The van der Waals surface area contributed by atoms with Crippen LogP contribution in [0.15, 0.2) is 247 Å². The van der Waals surface area contributed by atoms with E-state index in [0.29, 0.717) is 11.4 Å². The minimum Gasteiger partial charge on any atom is -0.452 e. The number of hydrogen-bond donors (Lipinski definition) is 0. The fourth-order valence-electron chi connectivity index (χ4n) is 11.2. The Morgan fingerprint density at radius 2 is 0.873 bits per heavy atom. The van der Waals surface area contributed by atoms with Crippen LogP contribution in [0.5, 0.6) is 0 Å². The van der Waals surface area contributed by atoms with Crippen molar-refractivity contribution < 1.29 is 4.42 Å². The molecule has 0 saturated heterocycles. The van der Waals surface area contributed by atoms with Gasteiger partial charge in [0.15, 0.2) is 11.4 Å². The van der Waals surface area contributed by atoms with E-state index in [1.54, 1.807) is 0 Å². The monoisotopic (exact) mass is 904 g/mol. The molecular formula is C66H40N4O. The molecule has 0 radical (unpaired) electrons. The topological polar surface area (TPSA) is 48.8 Å². The minimum atomic E-state index is 0.647. The molecule has 5 nitrogen and oxygen atoms in total. The molecular weight excluding hydrogens is 865 g/mol. The lowest BCUT2D eigenvalue weighted by atomic mass is 10.00. The molecule has 330 valence electrons. The van der Waals surface area contributed by atoms with Gasteiger partial charge >= 0.3 is 0 Å². The van der Waals surface area contributed by atoms with Gasteiger partial charge in [-0.15, -0.1) is 0 Å². The Morgan fingerprint density at radius 3 is 1.63 bits per heavy atom. The van der Waals surface area contributed by atoms with Crippen LogP contribution in [0.2, 0.25) is 0 Å². The van der Waals surface area contributed by atoms with Crippen molar-refractivity contribution in [2.75, 3.05) is 0 Å². The Labute approximate surface area is 407 Å².